The van der Waals surface area contributed by atoms with Crippen molar-refractivity contribution in [3.05, 3.63) is 52.0 Å². The molecule has 1 saturated heterocycles. The first kappa shape index (κ1) is 17.9. The maximum Gasteiger partial charge on any atom is 0.416 e. The van der Waals surface area contributed by atoms with Gasteiger partial charge >= 0.3 is 6.18 Å². The van der Waals surface area contributed by atoms with Crippen LogP contribution in [0.1, 0.15) is 40.9 Å². The lowest BCUT2D eigenvalue weighted by atomic mass is 9.90. The average Bonchev–Trinajstić information content (AvgIpc) is 3.13. The van der Waals surface area contributed by atoms with E-state index in [9.17, 15) is 18.0 Å². The fourth-order valence-electron chi connectivity index (χ4n) is 3.34. The number of rotatable bonds is 4. The minimum absolute atomic E-state index is 0.0818. The molecule has 0 radical (unpaired) electrons. The highest BCUT2D eigenvalue weighted by molar-refractivity contribution is 7.07. The summed E-state index contributed by atoms with van der Waals surface area (Å²) in [6, 6.07) is 5.74. The van der Waals surface area contributed by atoms with E-state index in [4.69, 9.17) is 0 Å². The van der Waals surface area contributed by atoms with Crippen molar-refractivity contribution < 1.29 is 18.0 Å². The quantitative estimate of drug-likeness (QED) is 0.787. The van der Waals surface area contributed by atoms with Crippen LogP contribution in [0.5, 0.6) is 0 Å². The highest BCUT2D eigenvalue weighted by atomic mass is 32.1. The second kappa shape index (κ2) is 7.56. The van der Waals surface area contributed by atoms with Gasteiger partial charge in [0, 0.05) is 18.5 Å². The van der Waals surface area contributed by atoms with Crippen LogP contribution in [0.2, 0.25) is 0 Å². The summed E-state index contributed by atoms with van der Waals surface area (Å²) >= 11 is 1.38. The van der Waals surface area contributed by atoms with Gasteiger partial charge < -0.3 is 4.90 Å². The van der Waals surface area contributed by atoms with Crippen LogP contribution in [0.25, 0.3) is 0 Å². The number of piperidine rings is 1. The molecule has 3 nitrogen and oxygen atoms in total. The zero-order chi connectivity index (χ0) is 17.9. The Bertz CT molecular complexity index is 715. The Balaban J connectivity index is 1.62. The Morgan fingerprint density at radius 3 is 2.84 bits per heavy atom. The third-order valence-electron chi connectivity index (χ3n) is 4.60. The molecule has 1 amide bonds. The van der Waals surface area contributed by atoms with Gasteiger partial charge in [-0.25, -0.2) is 4.98 Å². The van der Waals surface area contributed by atoms with Crippen molar-refractivity contribution in [2.24, 2.45) is 5.92 Å². The maximum absolute atomic E-state index is 13.1. The Morgan fingerprint density at radius 1 is 1.32 bits per heavy atom. The number of alkyl halides is 3. The number of carbonyl (C=O) groups excluding carboxylic acids is 1. The summed E-state index contributed by atoms with van der Waals surface area (Å²) in [5.74, 6) is 0.138. The molecular weight excluding hydrogens is 349 g/mol. The van der Waals surface area contributed by atoms with Gasteiger partial charge in [-0.2, -0.15) is 13.2 Å². The van der Waals surface area contributed by atoms with E-state index in [0.717, 1.165) is 18.9 Å². The number of nitrogens with zero attached hydrogens (tertiary/aromatic N) is 2. The van der Waals surface area contributed by atoms with Gasteiger partial charge in [-0.3, -0.25) is 4.79 Å². The Hall–Kier alpha value is -1.89. The smallest absolute Gasteiger partial charge is 0.337 e. The molecule has 1 aliphatic rings. The summed E-state index contributed by atoms with van der Waals surface area (Å²) in [6.45, 7) is 1.27. The van der Waals surface area contributed by atoms with Gasteiger partial charge in [0.05, 0.1) is 11.1 Å². The third-order valence-corrected chi connectivity index (χ3v) is 5.19. The van der Waals surface area contributed by atoms with E-state index in [1.54, 1.807) is 27.9 Å². The first-order valence-corrected chi connectivity index (χ1v) is 9.22. The topological polar surface area (TPSA) is 33.2 Å². The van der Waals surface area contributed by atoms with Crippen LogP contribution in [0.4, 0.5) is 13.2 Å². The highest BCUT2D eigenvalue weighted by Crippen LogP contribution is 2.33. The van der Waals surface area contributed by atoms with Gasteiger partial charge in [0.25, 0.3) is 5.91 Å². The zero-order valence-electron chi connectivity index (χ0n) is 13.6. The number of carbonyl (C=O) groups is 1. The maximum atomic E-state index is 13.1. The van der Waals surface area contributed by atoms with Crippen molar-refractivity contribution >= 4 is 17.2 Å². The van der Waals surface area contributed by atoms with Crippen molar-refractivity contribution in [1.82, 2.24) is 9.88 Å². The summed E-state index contributed by atoms with van der Waals surface area (Å²) in [6.07, 6.45) is -1.49. The van der Waals surface area contributed by atoms with Crippen molar-refractivity contribution in [1.29, 1.82) is 0 Å². The predicted molar refractivity (Wildman–Crippen MR) is 90.5 cm³/mol. The van der Waals surface area contributed by atoms with Crippen molar-refractivity contribution in [3.63, 3.8) is 0 Å². The summed E-state index contributed by atoms with van der Waals surface area (Å²) in [5.41, 5.74) is 1.86. The number of halogens is 3. The lowest BCUT2D eigenvalue weighted by Gasteiger charge is -2.32. The van der Waals surface area contributed by atoms with Crippen molar-refractivity contribution in [2.75, 3.05) is 13.1 Å². The minimum atomic E-state index is -4.32. The minimum Gasteiger partial charge on any atom is -0.337 e. The Morgan fingerprint density at radius 2 is 2.12 bits per heavy atom. The van der Waals surface area contributed by atoms with Crippen LogP contribution in [0, 0.1) is 5.92 Å². The van der Waals surface area contributed by atoms with E-state index in [1.165, 1.54) is 17.4 Å². The molecule has 0 saturated carbocycles. The summed E-state index contributed by atoms with van der Waals surface area (Å²) in [4.78, 5) is 18.2. The van der Waals surface area contributed by atoms with Gasteiger partial charge in [-0.15, -0.1) is 11.3 Å². The van der Waals surface area contributed by atoms with E-state index in [1.807, 2.05) is 0 Å². The highest BCUT2D eigenvalue weighted by Gasteiger charge is 2.33. The number of aromatic nitrogens is 1. The molecule has 1 fully saturated rings. The molecule has 2 aromatic rings. The number of hydrogen-bond donors (Lipinski definition) is 0. The van der Waals surface area contributed by atoms with Gasteiger partial charge in [0.1, 0.15) is 5.69 Å². The molecule has 0 aliphatic carbocycles. The Labute approximate surface area is 148 Å². The first-order chi connectivity index (χ1) is 11.9. The molecule has 1 atom stereocenters. The van der Waals surface area contributed by atoms with Gasteiger partial charge in [0.2, 0.25) is 0 Å². The molecule has 3 rings (SSSR count). The molecule has 2 heterocycles. The molecule has 1 aromatic heterocycles. The molecule has 1 aromatic carbocycles. The van der Waals surface area contributed by atoms with Crippen molar-refractivity contribution in [3.8, 4) is 0 Å². The lowest BCUT2D eigenvalue weighted by molar-refractivity contribution is -0.138. The summed E-state index contributed by atoms with van der Waals surface area (Å²) < 4.78 is 39.2. The third kappa shape index (κ3) is 4.39. The van der Waals surface area contributed by atoms with Crippen LogP contribution in [-0.2, 0) is 12.6 Å². The van der Waals surface area contributed by atoms with E-state index in [-0.39, 0.29) is 11.8 Å². The molecule has 0 bridgehead atoms. The molecule has 0 N–H and O–H groups in total. The number of benzene rings is 1. The lowest BCUT2D eigenvalue weighted by Crippen LogP contribution is -2.40. The number of amides is 1. The van der Waals surface area contributed by atoms with Gasteiger partial charge in [0.15, 0.2) is 0 Å². The van der Waals surface area contributed by atoms with E-state index in [0.29, 0.717) is 37.2 Å². The normalized spacial score (nSPS) is 18.4. The Kier molecular flexibility index (Phi) is 5.42. The molecular formula is C18H19F3N2OS. The van der Waals surface area contributed by atoms with Crippen molar-refractivity contribution in [2.45, 2.75) is 31.9 Å². The average molecular weight is 368 g/mol. The molecule has 0 spiro atoms. The molecule has 1 aliphatic heterocycles. The predicted octanol–water partition coefficient (Wildman–Crippen LogP) is 4.65. The standard InChI is InChI=1S/C18H19F3N2OS/c19-18(20,21)15-6-2-1-5-14(15)8-7-13-4-3-9-23(10-13)17(24)16-11-25-12-22-16/h1-2,5-6,11-13H,3-4,7-10H2. The fourth-order valence-corrected chi connectivity index (χ4v) is 3.87. The van der Waals surface area contributed by atoms with Crippen LogP contribution >= 0.6 is 11.3 Å². The zero-order valence-corrected chi connectivity index (χ0v) is 14.4. The molecule has 7 heteroatoms. The molecule has 134 valence electrons. The van der Waals surface area contributed by atoms with Crippen LogP contribution in [0.3, 0.4) is 0 Å². The number of thiazole rings is 1. The second-order valence-corrected chi connectivity index (χ2v) is 7.05. The monoisotopic (exact) mass is 368 g/mol. The summed E-state index contributed by atoms with van der Waals surface area (Å²) in [5, 5.41) is 1.73. The SMILES string of the molecule is O=C(c1cscn1)N1CCCC(CCc2ccccc2C(F)(F)F)C1. The number of aryl methyl sites for hydroxylation is 1. The van der Waals surface area contributed by atoms with E-state index >= 15 is 0 Å². The summed E-state index contributed by atoms with van der Waals surface area (Å²) in [7, 11) is 0. The molecule has 25 heavy (non-hydrogen) atoms. The van der Waals surface area contributed by atoms with Crippen LogP contribution < -0.4 is 0 Å². The largest absolute Gasteiger partial charge is 0.416 e. The van der Waals surface area contributed by atoms with E-state index in [2.05, 4.69) is 4.98 Å². The first-order valence-electron chi connectivity index (χ1n) is 8.27. The van der Waals surface area contributed by atoms with Crippen LogP contribution in [0.15, 0.2) is 35.2 Å². The van der Waals surface area contributed by atoms with Gasteiger partial charge in [-0.05, 0) is 43.2 Å². The number of likely N-dealkylation sites (tertiary alicyclic amines) is 1. The molecule has 1 unspecified atom stereocenters. The second-order valence-electron chi connectivity index (χ2n) is 6.33. The fraction of sp³-hybridized carbons (Fsp3) is 0.444. The van der Waals surface area contributed by atoms with E-state index < -0.39 is 11.7 Å². The van der Waals surface area contributed by atoms with Gasteiger partial charge in [-0.1, -0.05) is 18.2 Å². The number of hydrogen-bond acceptors (Lipinski definition) is 3. The van der Waals surface area contributed by atoms with Crippen LogP contribution in [-0.4, -0.2) is 28.9 Å².